The van der Waals surface area contributed by atoms with E-state index in [4.69, 9.17) is 9.84 Å². The molecule has 0 radical (unpaired) electrons. The highest BCUT2D eigenvalue weighted by molar-refractivity contribution is 5.71. The molecule has 4 nitrogen and oxygen atoms in total. The highest BCUT2D eigenvalue weighted by Gasteiger charge is 2.48. The molecule has 88 valence electrons. The van der Waals surface area contributed by atoms with Gasteiger partial charge in [0, 0.05) is 5.54 Å². The number of nitrogens with zero attached hydrogens (tertiary/aromatic N) is 1. The lowest BCUT2D eigenvalue weighted by Gasteiger charge is -2.53. The topological polar surface area (TPSA) is 49.8 Å². The van der Waals surface area contributed by atoms with Crippen LogP contribution in [-0.4, -0.2) is 39.9 Å². The molecule has 0 aromatic heterocycles. The van der Waals surface area contributed by atoms with Crippen LogP contribution in [0.2, 0.25) is 0 Å². The van der Waals surface area contributed by atoms with Crippen LogP contribution in [0.15, 0.2) is 0 Å². The highest BCUT2D eigenvalue weighted by atomic mass is 16.6. The lowest BCUT2D eigenvalue weighted by molar-refractivity contribution is -0.0792. The van der Waals surface area contributed by atoms with Crippen molar-refractivity contribution in [3.8, 4) is 0 Å². The Bertz CT molecular complexity index is 255. The second kappa shape index (κ2) is 3.67. The maximum absolute atomic E-state index is 11.8. The summed E-state index contributed by atoms with van der Waals surface area (Å²) >= 11 is 0. The standard InChI is InChI=1S/C11H21NO3/c1-10(2,3)15-9(14)12-8(7-13)6-11(12,4)5/h8,13H,6-7H2,1-5H3. The molecule has 1 aliphatic heterocycles. The van der Waals surface area contributed by atoms with Gasteiger partial charge in [-0.2, -0.15) is 0 Å². The number of hydrogen-bond donors (Lipinski definition) is 1. The van der Waals surface area contributed by atoms with Gasteiger partial charge in [0.05, 0.1) is 12.6 Å². The predicted octanol–water partition coefficient (Wildman–Crippen LogP) is 1.77. The fraction of sp³-hybridized carbons (Fsp3) is 0.909. The van der Waals surface area contributed by atoms with Crippen LogP contribution in [0.1, 0.15) is 41.0 Å². The average molecular weight is 215 g/mol. The van der Waals surface area contributed by atoms with Crippen LogP contribution in [0, 0.1) is 0 Å². The minimum absolute atomic E-state index is 0.00265. The molecule has 4 heteroatoms. The van der Waals surface area contributed by atoms with E-state index in [1.165, 1.54) is 0 Å². The van der Waals surface area contributed by atoms with Crippen LogP contribution >= 0.6 is 0 Å². The maximum atomic E-state index is 11.8. The summed E-state index contributed by atoms with van der Waals surface area (Å²) in [5.74, 6) is 0. The van der Waals surface area contributed by atoms with Crippen molar-refractivity contribution in [2.45, 2.75) is 58.2 Å². The fourth-order valence-corrected chi connectivity index (χ4v) is 2.00. The molecule has 1 N–H and O–H groups in total. The molecule has 0 bridgehead atoms. The van der Waals surface area contributed by atoms with E-state index in [0.29, 0.717) is 0 Å². The van der Waals surface area contributed by atoms with Crippen LogP contribution < -0.4 is 0 Å². The van der Waals surface area contributed by atoms with Gasteiger partial charge in [-0.15, -0.1) is 0 Å². The van der Waals surface area contributed by atoms with Gasteiger partial charge in [0.2, 0.25) is 0 Å². The minimum atomic E-state index is -0.483. The quantitative estimate of drug-likeness (QED) is 0.725. The number of amides is 1. The van der Waals surface area contributed by atoms with Gasteiger partial charge in [-0.05, 0) is 41.0 Å². The van der Waals surface area contributed by atoms with Crippen molar-refractivity contribution in [3.63, 3.8) is 0 Å². The smallest absolute Gasteiger partial charge is 0.411 e. The summed E-state index contributed by atoms with van der Waals surface area (Å²) in [6.45, 7) is 9.47. The van der Waals surface area contributed by atoms with E-state index < -0.39 is 5.60 Å². The Morgan fingerprint density at radius 2 is 2.07 bits per heavy atom. The summed E-state index contributed by atoms with van der Waals surface area (Å²) in [5.41, 5.74) is -0.682. The van der Waals surface area contributed by atoms with Gasteiger partial charge in [-0.1, -0.05) is 0 Å². The number of likely N-dealkylation sites (tertiary alicyclic amines) is 1. The Hall–Kier alpha value is -0.770. The Labute approximate surface area is 91.2 Å². The molecule has 1 unspecified atom stereocenters. The zero-order valence-electron chi connectivity index (χ0n) is 10.2. The maximum Gasteiger partial charge on any atom is 0.411 e. The first-order valence-corrected chi connectivity index (χ1v) is 5.30. The summed E-state index contributed by atoms with van der Waals surface area (Å²) in [4.78, 5) is 13.4. The molecule has 1 rings (SSSR count). The van der Waals surface area contributed by atoms with Gasteiger partial charge in [0.1, 0.15) is 5.60 Å². The Balaban J connectivity index is 2.65. The molecule has 1 amide bonds. The molecule has 0 aromatic carbocycles. The fourth-order valence-electron chi connectivity index (χ4n) is 2.00. The number of ether oxygens (including phenoxy) is 1. The summed E-state index contributed by atoms with van der Waals surface area (Å²) < 4.78 is 5.29. The zero-order chi connectivity index (χ0) is 11.9. The monoisotopic (exact) mass is 215 g/mol. The molecule has 1 heterocycles. The van der Waals surface area contributed by atoms with Crippen molar-refractivity contribution in [3.05, 3.63) is 0 Å². The van der Waals surface area contributed by atoms with Crippen LogP contribution in [0.4, 0.5) is 4.79 Å². The summed E-state index contributed by atoms with van der Waals surface area (Å²) in [5, 5.41) is 9.09. The average Bonchev–Trinajstić information content (AvgIpc) is 1.96. The zero-order valence-corrected chi connectivity index (χ0v) is 10.2. The lowest BCUT2D eigenvalue weighted by atomic mass is 9.82. The van der Waals surface area contributed by atoms with Gasteiger partial charge in [0.15, 0.2) is 0 Å². The molecule has 0 saturated carbocycles. The molecule has 1 saturated heterocycles. The number of aliphatic hydroxyl groups is 1. The van der Waals surface area contributed by atoms with Crippen LogP contribution in [0.3, 0.4) is 0 Å². The third-order valence-corrected chi connectivity index (χ3v) is 2.55. The second-order valence-corrected chi connectivity index (χ2v) is 5.70. The van der Waals surface area contributed by atoms with Gasteiger partial charge >= 0.3 is 6.09 Å². The molecule has 0 aliphatic carbocycles. The first-order chi connectivity index (χ1) is 6.67. The summed E-state index contributed by atoms with van der Waals surface area (Å²) in [6.07, 6.45) is 0.487. The number of carbonyl (C=O) groups is 1. The van der Waals surface area contributed by atoms with E-state index in [1.807, 2.05) is 34.6 Å². The summed E-state index contributed by atoms with van der Waals surface area (Å²) in [6, 6.07) is -0.0881. The van der Waals surface area contributed by atoms with Crippen molar-refractivity contribution in [2.24, 2.45) is 0 Å². The molecule has 1 aliphatic rings. The van der Waals surface area contributed by atoms with E-state index in [9.17, 15) is 4.79 Å². The molecular formula is C11H21NO3. The number of hydrogen-bond acceptors (Lipinski definition) is 3. The van der Waals surface area contributed by atoms with Crippen LogP contribution in [-0.2, 0) is 4.74 Å². The lowest BCUT2D eigenvalue weighted by Crippen LogP contribution is -2.66. The minimum Gasteiger partial charge on any atom is -0.444 e. The second-order valence-electron chi connectivity index (χ2n) is 5.70. The van der Waals surface area contributed by atoms with E-state index in [0.717, 1.165) is 6.42 Å². The highest BCUT2D eigenvalue weighted by Crippen LogP contribution is 2.36. The molecule has 1 fully saturated rings. The first kappa shape index (κ1) is 12.3. The van der Waals surface area contributed by atoms with E-state index in [-0.39, 0.29) is 24.3 Å². The van der Waals surface area contributed by atoms with Gasteiger partial charge < -0.3 is 9.84 Å². The normalized spacial score (nSPS) is 24.7. The van der Waals surface area contributed by atoms with E-state index >= 15 is 0 Å². The molecular weight excluding hydrogens is 194 g/mol. The SMILES string of the molecule is CC(C)(C)OC(=O)N1C(CO)CC1(C)C. The van der Waals surface area contributed by atoms with Gasteiger partial charge in [-0.25, -0.2) is 4.79 Å². The van der Waals surface area contributed by atoms with Crippen molar-refractivity contribution in [1.82, 2.24) is 4.90 Å². The van der Waals surface area contributed by atoms with Crippen molar-refractivity contribution < 1.29 is 14.6 Å². The van der Waals surface area contributed by atoms with Gasteiger partial charge in [-0.3, -0.25) is 4.90 Å². The molecule has 0 spiro atoms. The Kier molecular flexibility index (Phi) is 3.01. The van der Waals surface area contributed by atoms with Crippen LogP contribution in [0.5, 0.6) is 0 Å². The molecule has 15 heavy (non-hydrogen) atoms. The Morgan fingerprint density at radius 1 is 1.53 bits per heavy atom. The van der Waals surface area contributed by atoms with Crippen molar-refractivity contribution >= 4 is 6.09 Å². The number of aliphatic hydroxyl groups excluding tert-OH is 1. The van der Waals surface area contributed by atoms with Crippen molar-refractivity contribution in [2.75, 3.05) is 6.61 Å². The van der Waals surface area contributed by atoms with Crippen molar-refractivity contribution in [1.29, 1.82) is 0 Å². The molecule has 1 atom stereocenters. The number of rotatable bonds is 1. The molecule has 0 aromatic rings. The van der Waals surface area contributed by atoms with Gasteiger partial charge in [0.25, 0.3) is 0 Å². The number of carbonyl (C=O) groups excluding carboxylic acids is 1. The third-order valence-electron chi connectivity index (χ3n) is 2.55. The Morgan fingerprint density at radius 3 is 2.40 bits per heavy atom. The van der Waals surface area contributed by atoms with E-state index in [1.54, 1.807) is 4.90 Å². The first-order valence-electron chi connectivity index (χ1n) is 5.30. The summed E-state index contributed by atoms with van der Waals surface area (Å²) in [7, 11) is 0. The van der Waals surface area contributed by atoms with Crippen LogP contribution in [0.25, 0.3) is 0 Å². The van der Waals surface area contributed by atoms with E-state index in [2.05, 4.69) is 0 Å². The predicted molar refractivity (Wildman–Crippen MR) is 57.6 cm³/mol. The third kappa shape index (κ3) is 2.62. The largest absolute Gasteiger partial charge is 0.444 e.